The number of hydrogen-bond donors (Lipinski definition) is 1. The van der Waals surface area contributed by atoms with Crippen molar-refractivity contribution < 1.29 is 4.92 Å². The summed E-state index contributed by atoms with van der Waals surface area (Å²) in [5, 5.41) is 14.1. The molecule has 1 aliphatic rings. The normalized spacial score (nSPS) is 15.6. The van der Waals surface area contributed by atoms with Gasteiger partial charge in [0, 0.05) is 44.9 Å². The van der Waals surface area contributed by atoms with Gasteiger partial charge in [-0.05, 0) is 28.8 Å². The molecule has 0 spiro atoms. The van der Waals surface area contributed by atoms with Crippen molar-refractivity contribution in [3.8, 4) is 11.1 Å². The van der Waals surface area contributed by atoms with Crippen molar-refractivity contribution in [2.24, 2.45) is 0 Å². The van der Waals surface area contributed by atoms with E-state index in [-0.39, 0.29) is 10.6 Å². The van der Waals surface area contributed by atoms with Gasteiger partial charge in [0.1, 0.15) is 0 Å². The average Bonchev–Trinajstić information content (AvgIpc) is 2.56. The molecular weight excluding hydrogens is 278 g/mol. The van der Waals surface area contributed by atoms with Crippen LogP contribution in [0.5, 0.6) is 0 Å². The molecule has 1 N–H and O–H groups in total. The molecule has 1 fully saturated rings. The Labute approximate surface area is 129 Å². The molecule has 0 atom stereocenters. The third-order valence-electron chi connectivity index (χ3n) is 4.01. The van der Waals surface area contributed by atoms with Crippen LogP contribution >= 0.6 is 0 Å². The molecule has 22 heavy (non-hydrogen) atoms. The first-order valence-electron chi connectivity index (χ1n) is 7.50. The lowest BCUT2D eigenvalue weighted by Crippen LogP contribution is -2.42. The van der Waals surface area contributed by atoms with Gasteiger partial charge < -0.3 is 5.32 Å². The van der Waals surface area contributed by atoms with E-state index in [4.69, 9.17) is 0 Å². The van der Waals surface area contributed by atoms with E-state index in [0.29, 0.717) is 0 Å². The summed E-state index contributed by atoms with van der Waals surface area (Å²) in [5.41, 5.74) is 3.56. The molecule has 1 heterocycles. The maximum Gasteiger partial charge on any atom is 0.269 e. The van der Waals surface area contributed by atoms with Crippen LogP contribution in [0.15, 0.2) is 48.5 Å². The molecular formula is C17H19N3O2. The summed E-state index contributed by atoms with van der Waals surface area (Å²) in [7, 11) is 0. The molecule has 1 saturated heterocycles. The van der Waals surface area contributed by atoms with Crippen LogP contribution in [-0.2, 0) is 6.54 Å². The van der Waals surface area contributed by atoms with Gasteiger partial charge in [-0.3, -0.25) is 15.0 Å². The van der Waals surface area contributed by atoms with Crippen molar-refractivity contribution >= 4 is 5.69 Å². The lowest BCUT2D eigenvalue weighted by Gasteiger charge is -2.28. The summed E-state index contributed by atoms with van der Waals surface area (Å²) < 4.78 is 0. The van der Waals surface area contributed by atoms with E-state index in [9.17, 15) is 10.1 Å². The summed E-state index contributed by atoms with van der Waals surface area (Å²) in [6.45, 7) is 5.07. The number of benzene rings is 2. The number of hydrogen-bond acceptors (Lipinski definition) is 4. The number of nitro groups is 1. The Morgan fingerprint density at radius 3 is 2.41 bits per heavy atom. The molecule has 5 heteroatoms. The maximum absolute atomic E-state index is 10.8. The number of piperazine rings is 1. The molecule has 0 unspecified atom stereocenters. The second kappa shape index (κ2) is 6.68. The van der Waals surface area contributed by atoms with Gasteiger partial charge in [-0.25, -0.2) is 0 Å². The lowest BCUT2D eigenvalue weighted by atomic mass is 9.99. The first-order chi connectivity index (χ1) is 10.7. The Morgan fingerprint density at radius 2 is 1.73 bits per heavy atom. The Balaban J connectivity index is 1.85. The molecule has 2 aromatic carbocycles. The maximum atomic E-state index is 10.8. The minimum absolute atomic E-state index is 0.128. The summed E-state index contributed by atoms with van der Waals surface area (Å²) in [6, 6.07) is 15.1. The van der Waals surface area contributed by atoms with Gasteiger partial charge in [0.25, 0.3) is 5.69 Å². The van der Waals surface area contributed by atoms with Crippen LogP contribution in [0.25, 0.3) is 11.1 Å². The zero-order chi connectivity index (χ0) is 15.4. The lowest BCUT2D eigenvalue weighted by molar-refractivity contribution is -0.384. The van der Waals surface area contributed by atoms with E-state index >= 15 is 0 Å². The van der Waals surface area contributed by atoms with E-state index < -0.39 is 0 Å². The monoisotopic (exact) mass is 297 g/mol. The average molecular weight is 297 g/mol. The molecule has 3 rings (SSSR count). The van der Waals surface area contributed by atoms with Crippen molar-refractivity contribution in [1.82, 2.24) is 10.2 Å². The van der Waals surface area contributed by atoms with Crippen LogP contribution in [0.1, 0.15) is 5.56 Å². The Kier molecular flexibility index (Phi) is 4.46. The summed E-state index contributed by atoms with van der Waals surface area (Å²) >= 11 is 0. The molecule has 0 radical (unpaired) electrons. The molecule has 0 aliphatic carbocycles. The summed E-state index contributed by atoms with van der Waals surface area (Å²) in [6.07, 6.45) is 0. The van der Waals surface area contributed by atoms with E-state index in [1.807, 2.05) is 24.3 Å². The van der Waals surface area contributed by atoms with E-state index in [0.717, 1.165) is 43.9 Å². The number of nitro benzene ring substituents is 1. The zero-order valence-electron chi connectivity index (χ0n) is 12.4. The molecule has 5 nitrogen and oxygen atoms in total. The van der Waals surface area contributed by atoms with Crippen molar-refractivity contribution in [2.75, 3.05) is 26.2 Å². The largest absolute Gasteiger partial charge is 0.314 e. The van der Waals surface area contributed by atoms with Crippen LogP contribution in [0.4, 0.5) is 5.69 Å². The van der Waals surface area contributed by atoms with Crippen molar-refractivity contribution in [1.29, 1.82) is 0 Å². The van der Waals surface area contributed by atoms with Gasteiger partial charge in [-0.1, -0.05) is 24.3 Å². The highest BCUT2D eigenvalue weighted by atomic mass is 16.6. The van der Waals surface area contributed by atoms with Crippen molar-refractivity contribution in [3.63, 3.8) is 0 Å². The third kappa shape index (κ3) is 3.32. The van der Waals surface area contributed by atoms with E-state index in [2.05, 4.69) is 22.3 Å². The second-order valence-corrected chi connectivity index (χ2v) is 5.49. The molecule has 1 aliphatic heterocycles. The van der Waals surface area contributed by atoms with Gasteiger partial charge in [-0.2, -0.15) is 0 Å². The molecule has 114 valence electrons. The number of nitrogens with one attached hydrogen (secondary N) is 1. The van der Waals surface area contributed by atoms with Gasteiger partial charge in [0.15, 0.2) is 0 Å². The molecule has 2 aromatic rings. The highest BCUT2D eigenvalue weighted by Crippen LogP contribution is 2.26. The predicted octanol–water partition coefficient (Wildman–Crippen LogP) is 2.67. The molecule has 0 amide bonds. The molecule has 0 saturated carbocycles. The molecule has 0 bridgehead atoms. The smallest absolute Gasteiger partial charge is 0.269 e. The predicted molar refractivity (Wildman–Crippen MR) is 86.7 cm³/mol. The Bertz CT molecular complexity index is 649. The second-order valence-electron chi connectivity index (χ2n) is 5.49. The van der Waals surface area contributed by atoms with Crippen LogP contribution in [0.3, 0.4) is 0 Å². The van der Waals surface area contributed by atoms with Gasteiger partial charge in [0.05, 0.1) is 4.92 Å². The first kappa shape index (κ1) is 14.7. The van der Waals surface area contributed by atoms with E-state index in [1.54, 1.807) is 12.1 Å². The summed E-state index contributed by atoms with van der Waals surface area (Å²) in [5.74, 6) is 0. The zero-order valence-corrected chi connectivity index (χ0v) is 12.4. The highest BCUT2D eigenvalue weighted by molar-refractivity contribution is 5.68. The molecule has 0 aromatic heterocycles. The van der Waals surface area contributed by atoms with Crippen LogP contribution in [-0.4, -0.2) is 36.0 Å². The van der Waals surface area contributed by atoms with Crippen molar-refractivity contribution in [2.45, 2.75) is 6.54 Å². The fraction of sp³-hybridized carbons (Fsp3) is 0.294. The SMILES string of the molecule is O=[N+]([O-])c1ccc(-c2ccccc2CN2CCNCC2)cc1. The third-order valence-corrected chi connectivity index (χ3v) is 4.01. The highest BCUT2D eigenvalue weighted by Gasteiger charge is 2.13. The fourth-order valence-corrected chi connectivity index (χ4v) is 2.81. The van der Waals surface area contributed by atoms with E-state index in [1.165, 1.54) is 5.56 Å². The van der Waals surface area contributed by atoms with Gasteiger partial charge in [-0.15, -0.1) is 0 Å². The number of non-ortho nitro benzene ring substituents is 1. The Hall–Kier alpha value is -2.24. The standard InChI is InChI=1S/C17H19N3O2/c21-20(22)16-7-5-14(6-8-16)17-4-2-1-3-15(17)13-19-11-9-18-10-12-19/h1-8,18H,9-13H2. The van der Waals surface area contributed by atoms with Crippen LogP contribution in [0, 0.1) is 10.1 Å². The number of nitrogens with zero attached hydrogens (tertiary/aromatic N) is 2. The quantitative estimate of drug-likeness (QED) is 0.696. The first-order valence-corrected chi connectivity index (χ1v) is 7.50. The fourth-order valence-electron chi connectivity index (χ4n) is 2.81. The minimum atomic E-state index is -0.365. The number of rotatable bonds is 4. The van der Waals surface area contributed by atoms with Crippen LogP contribution in [0.2, 0.25) is 0 Å². The Morgan fingerprint density at radius 1 is 1.05 bits per heavy atom. The minimum Gasteiger partial charge on any atom is -0.314 e. The van der Waals surface area contributed by atoms with Crippen LogP contribution < -0.4 is 5.32 Å². The van der Waals surface area contributed by atoms with Gasteiger partial charge >= 0.3 is 0 Å². The van der Waals surface area contributed by atoms with Crippen molar-refractivity contribution in [3.05, 3.63) is 64.2 Å². The van der Waals surface area contributed by atoms with Gasteiger partial charge in [0.2, 0.25) is 0 Å². The summed E-state index contributed by atoms with van der Waals surface area (Å²) in [4.78, 5) is 12.8. The topological polar surface area (TPSA) is 58.4 Å².